The van der Waals surface area contributed by atoms with E-state index in [0.717, 1.165) is 64.2 Å². The van der Waals surface area contributed by atoms with Crippen LogP contribution in [0.2, 0.25) is 0 Å². The molecule has 0 aliphatic carbocycles. The van der Waals surface area contributed by atoms with Gasteiger partial charge in [-0.1, -0.05) is 177 Å². The molecule has 5 N–H and O–H groups in total. The van der Waals surface area contributed by atoms with Crippen molar-refractivity contribution in [2.24, 2.45) is 5.73 Å². The Morgan fingerprint density at radius 3 is 1.53 bits per heavy atom. The SMILES string of the molecule is CCCCCCC/C=C\C/C=C\C/C=C\CCCCCCCCC(=O)NC(COP(=O)(O)OCCN)C(O)/C=C/CC/C=C/CCCCCCCCCCC. The highest BCUT2D eigenvalue weighted by molar-refractivity contribution is 7.47. The number of nitrogens with one attached hydrogen (secondary N) is 1. The predicted molar refractivity (Wildman–Crippen MR) is 235 cm³/mol. The summed E-state index contributed by atoms with van der Waals surface area (Å²) in [6.07, 6.45) is 52.7. The van der Waals surface area contributed by atoms with Crippen LogP contribution in [0.5, 0.6) is 0 Å². The quantitative estimate of drug-likeness (QED) is 0.0275. The summed E-state index contributed by atoms with van der Waals surface area (Å²) in [5, 5.41) is 13.6. The lowest BCUT2D eigenvalue weighted by atomic mass is 10.1. The topological polar surface area (TPSA) is 131 Å². The van der Waals surface area contributed by atoms with Crippen LogP contribution in [-0.2, 0) is 18.4 Å². The minimum Gasteiger partial charge on any atom is -0.387 e. The molecule has 0 aromatic rings. The number of aliphatic hydroxyl groups excluding tert-OH is 1. The van der Waals surface area contributed by atoms with Gasteiger partial charge < -0.3 is 21.1 Å². The highest BCUT2D eigenvalue weighted by atomic mass is 31.2. The van der Waals surface area contributed by atoms with E-state index in [4.69, 9.17) is 14.8 Å². The van der Waals surface area contributed by atoms with Crippen molar-refractivity contribution in [1.82, 2.24) is 5.32 Å². The average Bonchev–Trinajstić information content (AvgIpc) is 3.17. The molecule has 9 heteroatoms. The number of phosphoric acid groups is 1. The summed E-state index contributed by atoms with van der Waals surface area (Å²) in [7, 11) is -4.35. The number of hydrogen-bond acceptors (Lipinski definition) is 6. The number of unbranched alkanes of at least 4 members (excludes halogenated alkanes) is 21. The van der Waals surface area contributed by atoms with Crippen LogP contribution in [0.25, 0.3) is 0 Å². The van der Waals surface area contributed by atoms with Gasteiger partial charge >= 0.3 is 7.82 Å². The van der Waals surface area contributed by atoms with E-state index in [1.165, 1.54) is 109 Å². The smallest absolute Gasteiger partial charge is 0.387 e. The van der Waals surface area contributed by atoms with Gasteiger partial charge in [-0.3, -0.25) is 13.8 Å². The minimum absolute atomic E-state index is 0.0692. The zero-order valence-electron chi connectivity index (χ0n) is 35.4. The molecular weight excluding hydrogens is 707 g/mol. The second-order valence-electron chi connectivity index (χ2n) is 14.9. The van der Waals surface area contributed by atoms with Gasteiger partial charge in [-0.25, -0.2) is 4.57 Å². The van der Waals surface area contributed by atoms with Crippen LogP contribution in [-0.4, -0.2) is 47.8 Å². The number of aliphatic hydroxyl groups is 1. The summed E-state index contributed by atoms with van der Waals surface area (Å²) in [5.41, 5.74) is 5.37. The lowest BCUT2D eigenvalue weighted by Crippen LogP contribution is -2.45. The molecular formula is C46H85N2O6P. The van der Waals surface area contributed by atoms with Crippen molar-refractivity contribution in [3.63, 3.8) is 0 Å². The average molecular weight is 793 g/mol. The van der Waals surface area contributed by atoms with Crippen molar-refractivity contribution >= 4 is 13.7 Å². The zero-order valence-corrected chi connectivity index (χ0v) is 36.3. The number of amides is 1. The van der Waals surface area contributed by atoms with Gasteiger partial charge in [-0.2, -0.15) is 0 Å². The number of rotatable bonds is 41. The molecule has 0 aliphatic rings. The van der Waals surface area contributed by atoms with Crippen LogP contribution in [0.4, 0.5) is 0 Å². The zero-order chi connectivity index (χ0) is 40.3. The standard InChI is InChI=1S/C46H85N2O6P/c1-3-5-7-9-11-13-15-17-19-20-21-22-23-24-26-28-30-32-34-36-38-40-46(50)48-44(43-54-55(51,52)53-42-41-47)45(49)39-37-35-33-31-29-27-25-18-16-14-12-10-8-6-4-2/h15,17,20-21,23-24,29,31,37,39,44-45,49H,3-14,16,18-19,22,25-28,30,32-36,38,40-43,47H2,1-2H3,(H,48,50)(H,51,52)/b17-15-,21-20-,24-23-,31-29+,39-37+. The van der Waals surface area contributed by atoms with Gasteiger partial charge in [0, 0.05) is 13.0 Å². The third-order valence-electron chi connectivity index (χ3n) is 9.57. The Bertz CT molecular complexity index is 1040. The van der Waals surface area contributed by atoms with Gasteiger partial charge in [0.15, 0.2) is 0 Å². The molecule has 55 heavy (non-hydrogen) atoms. The van der Waals surface area contributed by atoms with E-state index in [1.54, 1.807) is 6.08 Å². The van der Waals surface area contributed by atoms with E-state index in [-0.39, 0.29) is 25.7 Å². The van der Waals surface area contributed by atoms with E-state index >= 15 is 0 Å². The molecule has 8 nitrogen and oxygen atoms in total. The Hall–Kier alpha value is -1.80. The summed E-state index contributed by atoms with van der Waals surface area (Å²) in [6, 6.07) is -0.886. The maximum absolute atomic E-state index is 12.8. The molecule has 0 aromatic carbocycles. The lowest BCUT2D eigenvalue weighted by molar-refractivity contribution is -0.123. The van der Waals surface area contributed by atoms with Gasteiger partial charge in [0.25, 0.3) is 0 Å². The first kappa shape index (κ1) is 53.2. The number of carbonyl (C=O) groups is 1. The molecule has 0 spiro atoms. The number of allylic oxidation sites excluding steroid dienone is 9. The van der Waals surface area contributed by atoms with Crippen molar-refractivity contribution in [1.29, 1.82) is 0 Å². The molecule has 0 aliphatic heterocycles. The van der Waals surface area contributed by atoms with Crippen molar-refractivity contribution in [2.45, 2.75) is 206 Å². The van der Waals surface area contributed by atoms with E-state index in [9.17, 15) is 19.4 Å². The van der Waals surface area contributed by atoms with E-state index in [0.29, 0.717) is 6.42 Å². The molecule has 0 heterocycles. The fourth-order valence-electron chi connectivity index (χ4n) is 6.15. The first-order chi connectivity index (χ1) is 26.9. The Balaban J connectivity index is 4.27. The number of nitrogens with two attached hydrogens (primary N) is 1. The van der Waals surface area contributed by atoms with Crippen molar-refractivity contribution < 1.29 is 28.4 Å². The summed E-state index contributed by atoms with van der Waals surface area (Å²) >= 11 is 0. The Morgan fingerprint density at radius 2 is 1.02 bits per heavy atom. The van der Waals surface area contributed by atoms with Gasteiger partial charge in [-0.15, -0.1) is 0 Å². The molecule has 0 rings (SSSR count). The molecule has 0 saturated carbocycles. The fraction of sp³-hybridized carbons (Fsp3) is 0.761. The molecule has 0 fully saturated rings. The Morgan fingerprint density at radius 1 is 0.600 bits per heavy atom. The van der Waals surface area contributed by atoms with Gasteiger partial charge in [0.05, 0.1) is 25.4 Å². The maximum atomic E-state index is 12.8. The summed E-state index contributed by atoms with van der Waals surface area (Å²) in [5.74, 6) is -0.218. The van der Waals surface area contributed by atoms with Crippen LogP contribution in [0.3, 0.4) is 0 Å². The molecule has 3 atom stereocenters. The molecule has 0 saturated heterocycles. The number of carbonyl (C=O) groups excluding carboxylic acids is 1. The molecule has 0 aromatic heterocycles. The molecule has 3 unspecified atom stereocenters. The molecule has 0 bridgehead atoms. The third kappa shape index (κ3) is 40.2. The van der Waals surface area contributed by atoms with Crippen LogP contribution < -0.4 is 11.1 Å². The van der Waals surface area contributed by atoms with Crippen LogP contribution >= 0.6 is 7.82 Å². The molecule has 320 valence electrons. The van der Waals surface area contributed by atoms with E-state index in [1.807, 2.05) is 6.08 Å². The van der Waals surface area contributed by atoms with Crippen molar-refractivity contribution in [3.8, 4) is 0 Å². The molecule has 1 amide bonds. The minimum atomic E-state index is -4.35. The predicted octanol–water partition coefficient (Wildman–Crippen LogP) is 12.7. The summed E-state index contributed by atoms with van der Waals surface area (Å²) in [4.78, 5) is 22.7. The Labute approximate surface area is 338 Å². The summed E-state index contributed by atoms with van der Waals surface area (Å²) < 4.78 is 22.1. The van der Waals surface area contributed by atoms with Gasteiger partial charge in [-0.05, 0) is 70.6 Å². The number of phosphoric ester groups is 1. The first-order valence-corrected chi connectivity index (χ1v) is 23.9. The first-order valence-electron chi connectivity index (χ1n) is 22.4. The second kappa shape index (κ2) is 41.8. The van der Waals surface area contributed by atoms with E-state index < -0.39 is 20.0 Å². The fourth-order valence-corrected chi connectivity index (χ4v) is 6.91. The van der Waals surface area contributed by atoms with Crippen molar-refractivity contribution in [2.75, 3.05) is 19.8 Å². The Kier molecular flexibility index (Phi) is 40.5. The molecule has 0 radical (unpaired) electrons. The maximum Gasteiger partial charge on any atom is 0.472 e. The van der Waals surface area contributed by atoms with Crippen molar-refractivity contribution in [3.05, 3.63) is 60.8 Å². The largest absolute Gasteiger partial charge is 0.472 e. The van der Waals surface area contributed by atoms with Crippen LogP contribution in [0.15, 0.2) is 60.8 Å². The van der Waals surface area contributed by atoms with Gasteiger partial charge in [0.2, 0.25) is 5.91 Å². The highest BCUT2D eigenvalue weighted by Gasteiger charge is 2.26. The lowest BCUT2D eigenvalue weighted by Gasteiger charge is -2.23. The normalized spacial score (nSPS) is 14.6. The van der Waals surface area contributed by atoms with E-state index in [2.05, 4.69) is 67.8 Å². The summed E-state index contributed by atoms with van der Waals surface area (Å²) in [6.45, 7) is 4.08. The highest BCUT2D eigenvalue weighted by Crippen LogP contribution is 2.43. The third-order valence-corrected chi connectivity index (χ3v) is 10.5. The second-order valence-corrected chi connectivity index (χ2v) is 16.3. The van der Waals surface area contributed by atoms with Crippen LogP contribution in [0.1, 0.15) is 194 Å². The van der Waals surface area contributed by atoms with Crippen LogP contribution in [0, 0.1) is 0 Å². The van der Waals surface area contributed by atoms with Gasteiger partial charge in [0.1, 0.15) is 0 Å². The monoisotopic (exact) mass is 793 g/mol. The number of hydrogen-bond donors (Lipinski definition) is 4.